The number of aromatic nitrogens is 1. The van der Waals surface area contributed by atoms with Gasteiger partial charge in [-0.05, 0) is 50.2 Å². The Morgan fingerprint density at radius 2 is 1.81 bits per heavy atom. The minimum absolute atomic E-state index is 0.0214. The number of carbonyl (C=O) groups is 2. The Morgan fingerprint density at radius 1 is 1.11 bits per heavy atom. The fraction of sp³-hybridized carbons (Fsp3) is 0.615. The number of oxazole rings is 1. The second-order valence-electron chi connectivity index (χ2n) is 10.1. The molecule has 2 heterocycles. The van der Waals surface area contributed by atoms with E-state index in [2.05, 4.69) is 20.0 Å². The van der Waals surface area contributed by atoms with Crippen LogP contribution < -0.4 is 10.6 Å². The lowest BCUT2D eigenvalue weighted by atomic mass is 9.82. The van der Waals surface area contributed by atoms with Gasteiger partial charge in [0.15, 0.2) is 5.58 Å². The van der Waals surface area contributed by atoms with Gasteiger partial charge in [-0.2, -0.15) is 0 Å². The van der Waals surface area contributed by atoms with E-state index in [-0.39, 0.29) is 36.0 Å². The van der Waals surface area contributed by atoms with Gasteiger partial charge in [0.25, 0.3) is 15.9 Å². The molecule has 1 aliphatic carbocycles. The molecule has 1 aromatic carbocycles. The first kappa shape index (κ1) is 27.1. The van der Waals surface area contributed by atoms with Crippen LogP contribution in [0.3, 0.4) is 0 Å². The summed E-state index contributed by atoms with van der Waals surface area (Å²) in [6, 6.07) is 6.08. The topological polar surface area (TPSA) is 134 Å². The Morgan fingerprint density at radius 3 is 2.46 bits per heavy atom. The molecule has 4 rings (SSSR count). The zero-order chi connectivity index (χ0) is 26.4. The average Bonchev–Trinajstić information content (AvgIpc) is 3.56. The normalized spacial score (nSPS) is 19.1. The molecule has 1 amide bonds. The average molecular weight is 532 g/mol. The van der Waals surface area contributed by atoms with Crippen LogP contribution in [0.1, 0.15) is 75.4 Å². The highest BCUT2D eigenvalue weighted by Gasteiger charge is 2.31. The lowest BCUT2D eigenvalue weighted by Crippen LogP contribution is -2.51. The van der Waals surface area contributed by atoms with Crippen LogP contribution in [0.4, 0.5) is 0 Å². The fourth-order valence-electron chi connectivity index (χ4n) is 5.23. The number of likely N-dealkylation sites (tertiary alicyclic amines) is 1. The Hall–Kier alpha value is -2.95. The van der Waals surface area contributed by atoms with Gasteiger partial charge in [0, 0.05) is 25.6 Å². The Bertz CT molecular complexity index is 1200. The fourth-order valence-corrected chi connectivity index (χ4v) is 5.71. The lowest BCUT2D eigenvalue weighted by molar-refractivity contribution is -0.122. The van der Waals surface area contributed by atoms with Crippen molar-refractivity contribution in [3.63, 3.8) is 0 Å². The van der Waals surface area contributed by atoms with Crippen LogP contribution in [0.2, 0.25) is 0 Å². The van der Waals surface area contributed by atoms with Gasteiger partial charge in [-0.15, -0.1) is 4.40 Å². The zero-order valence-corrected chi connectivity index (χ0v) is 22.4. The Kier molecular flexibility index (Phi) is 8.83. The maximum Gasteiger partial charge on any atom is 0.266 e. The molecule has 2 fully saturated rings. The maximum atomic E-state index is 13.2. The van der Waals surface area contributed by atoms with Crippen molar-refractivity contribution in [2.24, 2.45) is 10.3 Å². The molecule has 1 aliphatic heterocycles. The maximum absolute atomic E-state index is 13.2. The Balaban J connectivity index is 1.49. The third kappa shape index (κ3) is 7.30. The summed E-state index contributed by atoms with van der Waals surface area (Å²) in [6.45, 7) is 3.27. The molecule has 0 radical (unpaired) electrons. The molecule has 2 aliphatic rings. The molecule has 1 saturated carbocycles. The Labute approximate surface area is 218 Å². The molecule has 1 saturated heterocycles. The molecule has 0 unspecified atom stereocenters. The van der Waals surface area contributed by atoms with Crippen molar-refractivity contribution >= 4 is 38.8 Å². The molecule has 2 atom stereocenters. The molecule has 202 valence electrons. The van der Waals surface area contributed by atoms with E-state index < -0.39 is 16.1 Å². The third-order valence-electron chi connectivity index (χ3n) is 7.16. The molecule has 10 nitrogen and oxygen atoms in total. The smallest absolute Gasteiger partial charge is 0.266 e. The van der Waals surface area contributed by atoms with Gasteiger partial charge in [-0.1, -0.05) is 38.3 Å². The molecule has 1 aromatic heterocycles. The SMILES string of the molecule is CC[C@@H](NC(=O)C[C@H](NC(=NS(C)(=O)=O)N1CCCC1)C1CCCCC1)C(=O)c1nc2ccccc2o1. The van der Waals surface area contributed by atoms with Crippen LogP contribution in [0, 0.1) is 5.92 Å². The number of Topliss-reactive ketones (excluding diaryl/α,β-unsaturated/α-hetero) is 1. The summed E-state index contributed by atoms with van der Waals surface area (Å²) in [5.74, 6) is -0.144. The van der Waals surface area contributed by atoms with Crippen LogP contribution in [-0.2, 0) is 14.8 Å². The van der Waals surface area contributed by atoms with Crippen LogP contribution in [0.15, 0.2) is 33.1 Å². The number of ketones is 1. The number of nitrogens with one attached hydrogen (secondary N) is 2. The molecule has 0 spiro atoms. The van der Waals surface area contributed by atoms with E-state index >= 15 is 0 Å². The number of carbonyl (C=O) groups excluding carboxylic acids is 2. The lowest BCUT2D eigenvalue weighted by Gasteiger charge is -2.33. The van der Waals surface area contributed by atoms with Gasteiger partial charge in [0.05, 0.1) is 12.3 Å². The van der Waals surface area contributed by atoms with Gasteiger partial charge >= 0.3 is 0 Å². The molecule has 0 bridgehead atoms. The van der Waals surface area contributed by atoms with E-state index in [0.29, 0.717) is 23.5 Å². The van der Waals surface area contributed by atoms with Crippen molar-refractivity contribution < 1.29 is 22.4 Å². The van der Waals surface area contributed by atoms with Gasteiger partial charge in [-0.25, -0.2) is 13.4 Å². The van der Waals surface area contributed by atoms with Crippen LogP contribution in [0.25, 0.3) is 11.1 Å². The summed E-state index contributed by atoms with van der Waals surface area (Å²) in [5.41, 5.74) is 1.11. The summed E-state index contributed by atoms with van der Waals surface area (Å²) in [5, 5.41) is 6.21. The molecule has 11 heteroatoms. The number of hydrogen-bond acceptors (Lipinski definition) is 6. The highest BCUT2D eigenvalue weighted by atomic mass is 32.2. The van der Waals surface area contributed by atoms with Crippen LogP contribution in [0.5, 0.6) is 0 Å². The first-order valence-electron chi connectivity index (χ1n) is 13.2. The monoisotopic (exact) mass is 531 g/mol. The summed E-state index contributed by atoms with van der Waals surface area (Å²) < 4.78 is 33.7. The standard InChI is InChI=1S/C26H37N5O5S/c1-3-19(24(33)25-28-20-13-7-8-14-22(20)36-25)27-23(32)17-21(18-11-5-4-6-12-18)29-26(30-37(2,34)35)31-15-9-10-16-31/h7-8,13-14,18-19,21H,3-6,9-12,15-17H2,1-2H3,(H,27,32)(H,29,30)/t19-,21+/m1/s1. The number of hydrogen-bond donors (Lipinski definition) is 2. The van der Waals surface area contributed by atoms with Gasteiger partial charge < -0.3 is 20.0 Å². The number of benzene rings is 1. The minimum Gasteiger partial charge on any atom is -0.434 e. The number of amides is 1. The number of guanidine groups is 1. The summed E-state index contributed by atoms with van der Waals surface area (Å²) in [4.78, 5) is 32.6. The first-order valence-corrected chi connectivity index (χ1v) is 15.1. The summed E-state index contributed by atoms with van der Waals surface area (Å²) in [6.07, 6.45) is 8.72. The molecule has 37 heavy (non-hydrogen) atoms. The number of nitrogens with zero attached hydrogens (tertiary/aromatic N) is 3. The minimum atomic E-state index is -3.62. The predicted octanol–water partition coefficient (Wildman–Crippen LogP) is 3.25. The van der Waals surface area contributed by atoms with E-state index in [4.69, 9.17) is 4.42 Å². The number of fused-ring (bicyclic) bond motifs is 1. The summed E-state index contributed by atoms with van der Waals surface area (Å²) in [7, 11) is -3.62. The van der Waals surface area contributed by atoms with Crippen molar-refractivity contribution in [1.82, 2.24) is 20.5 Å². The molecular formula is C26H37N5O5S. The first-order chi connectivity index (χ1) is 17.7. The largest absolute Gasteiger partial charge is 0.434 e. The third-order valence-corrected chi connectivity index (χ3v) is 7.67. The van der Waals surface area contributed by atoms with Crippen LogP contribution >= 0.6 is 0 Å². The molecule has 2 N–H and O–H groups in total. The van der Waals surface area contributed by atoms with Crippen molar-refractivity contribution in [2.75, 3.05) is 19.3 Å². The molecule has 2 aromatic rings. The predicted molar refractivity (Wildman–Crippen MR) is 142 cm³/mol. The van der Waals surface area contributed by atoms with Gasteiger partial charge in [0.1, 0.15) is 5.52 Å². The number of sulfonamides is 1. The summed E-state index contributed by atoms with van der Waals surface area (Å²) >= 11 is 0. The van der Waals surface area contributed by atoms with Crippen molar-refractivity contribution in [3.8, 4) is 0 Å². The highest BCUT2D eigenvalue weighted by molar-refractivity contribution is 7.89. The second kappa shape index (κ2) is 12.1. The van der Waals surface area contributed by atoms with Crippen LogP contribution in [-0.4, -0.2) is 67.4 Å². The van der Waals surface area contributed by atoms with Crippen molar-refractivity contribution in [3.05, 3.63) is 30.2 Å². The van der Waals surface area contributed by atoms with Crippen molar-refractivity contribution in [1.29, 1.82) is 0 Å². The zero-order valence-electron chi connectivity index (χ0n) is 21.6. The molecular weight excluding hydrogens is 494 g/mol. The van der Waals surface area contributed by atoms with Gasteiger partial charge in [0.2, 0.25) is 17.6 Å². The number of para-hydroxylation sites is 2. The van der Waals surface area contributed by atoms with E-state index in [1.807, 2.05) is 24.0 Å². The van der Waals surface area contributed by atoms with E-state index in [9.17, 15) is 18.0 Å². The highest BCUT2D eigenvalue weighted by Crippen LogP contribution is 2.28. The number of rotatable bonds is 9. The van der Waals surface area contributed by atoms with E-state index in [1.54, 1.807) is 12.1 Å². The quantitative estimate of drug-likeness (QED) is 0.286. The van der Waals surface area contributed by atoms with Crippen molar-refractivity contribution in [2.45, 2.75) is 76.8 Å². The second-order valence-corrected chi connectivity index (χ2v) is 11.7. The van der Waals surface area contributed by atoms with E-state index in [0.717, 1.165) is 64.3 Å². The van der Waals surface area contributed by atoms with E-state index in [1.165, 1.54) is 0 Å². The van der Waals surface area contributed by atoms with Gasteiger partial charge in [-0.3, -0.25) is 9.59 Å².